The van der Waals surface area contributed by atoms with Gasteiger partial charge in [-0.15, -0.1) is 9.78 Å². The summed E-state index contributed by atoms with van der Waals surface area (Å²) in [5.41, 5.74) is 12.0. The van der Waals surface area contributed by atoms with E-state index in [-0.39, 0.29) is 19.0 Å². The predicted octanol–water partition coefficient (Wildman–Crippen LogP) is -0.793. The number of nitrogens with zero attached hydrogens (tertiary/aromatic N) is 7. The van der Waals surface area contributed by atoms with Crippen molar-refractivity contribution in [2.75, 3.05) is 31.1 Å². The van der Waals surface area contributed by atoms with E-state index in [2.05, 4.69) is 30.6 Å². The minimum absolute atomic E-state index is 0.0253. The van der Waals surface area contributed by atoms with E-state index in [9.17, 15) is 4.79 Å². The van der Waals surface area contributed by atoms with Crippen molar-refractivity contribution < 1.29 is 4.79 Å². The van der Waals surface area contributed by atoms with Crippen molar-refractivity contribution in [2.24, 2.45) is 16.5 Å². The monoisotopic (exact) mass is 334 g/mol. The van der Waals surface area contributed by atoms with Crippen molar-refractivity contribution in [3.8, 4) is 0 Å². The van der Waals surface area contributed by atoms with Crippen LogP contribution in [0.5, 0.6) is 0 Å². The quantitative estimate of drug-likeness (QED) is 0.353. The summed E-state index contributed by atoms with van der Waals surface area (Å²) in [6.45, 7) is 7.90. The first kappa shape index (κ1) is 17.4. The normalized spacial score (nSPS) is 10.6. The molecule has 2 aromatic rings. The third kappa shape index (κ3) is 3.67. The van der Waals surface area contributed by atoms with Crippen LogP contribution in [0.4, 0.5) is 10.7 Å². The molecule has 0 unspecified atom stereocenters. The molecule has 130 valence electrons. The molecule has 0 aliphatic rings. The number of amides is 1. The molecule has 0 aromatic carbocycles. The average Bonchev–Trinajstić information content (AvgIpc) is 2.97. The van der Waals surface area contributed by atoms with Crippen LogP contribution in [0.3, 0.4) is 0 Å². The van der Waals surface area contributed by atoms with Crippen LogP contribution >= 0.6 is 0 Å². The molecule has 24 heavy (non-hydrogen) atoms. The van der Waals surface area contributed by atoms with Crippen molar-refractivity contribution >= 4 is 29.1 Å². The Labute approximate surface area is 139 Å². The fraction of sp³-hybridized carbons (Fsp3) is 0.538. The van der Waals surface area contributed by atoms with E-state index in [0.717, 1.165) is 17.8 Å². The third-order valence-corrected chi connectivity index (χ3v) is 3.38. The number of fused-ring (bicyclic) bond motifs is 1. The Hall–Kier alpha value is -2.98. The topological polar surface area (TPSA) is 153 Å². The molecular weight excluding hydrogens is 312 g/mol. The molecule has 1 amide bonds. The summed E-state index contributed by atoms with van der Waals surface area (Å²) < 4.78 is 1.12. The average molecular weight is 334 g/mol. The zero-order valence-electron chi connectivity index (χ0n) is 14.0. The highest BCUT2D eigenvalue weighted by atomic mass is 16.2. The predicted molar refractivity (Wildman–Crippen MR) is 90.9 cm³/mol. The van der Waals surface area contributed by atoms with Gasteiger partial charge in [0.15, 0.2) is 17.1 Å². The lowest BCUT2D eigenvalue weighted by molar-refractivity contribution is 0.240. The molecule has 5 N–H and O–H groups in total. The van der Waals surface area contributed by atoms with Gasteiger partial charge in [0.05, 0.1) is 12.2 Å². The molecule has 0 spiro atoms. The maximum Gasteiger partial charge on any atom is 0.345 e. The standard InChI is InChI=1S/C13H22N10O/c1-4-22(5-2)12-18-8(3)9-10(19-12)23(21-20-9)13(24)17-7-6-16-11(14)15/h4-7H2,1-3H3,(H,17,24)(H4,14,15,16). The number of nitrogens with two attached hydrogens (primary N) is 2. The number of anilines is 1. The van der Waals surface area contributed by atoms with Gasteiger partial charge in [-0.05, 0) is 20.8 Å². The van der Waals surface area contributed by atoms with Gasteiger partial charge in [-0.2, -0.15) is 4.98 Å². The zero-order valence-corrected chi connectivity index (χ0v) is 14.0. The summed E-state index contributed by atoms with van der Waals surface area (Å²) in [5.74, 6) is 0.518. The van der Waals surface area contributed by atoms with E-state index in [1.54, 1.807) is 0 Å². The first-order chi connectivity index (χ1) is 11.5. The summed E-state index contributed by atoms with van der Waals surface area (Å²) in [7, 11) is 0. The Morgan fingerprint density at radius 3 is 2.62 bits per heavy atom. The minimum Gasteiger partial charge on any atom is -0.370 e. The Morgan fingerprint density at radius 2 is 2.00 bits per heavy atom. The molecule has 0 aliphatic heterocycles. The Morgan fingerprint density at radius 1 is 1.29 bits per heavy atom. The van der Waals surface area contributed by atoms with Crippen molar-refractivity contribution in [1.29, 1.82) is 0 Å². The second kappa shape index (κ2) is 7.53. The summed E-state index contributed by atoms with van der Waals surface area (Å²) in [5, 5.41) is 10.5. The van der Waals surface area contributed by atoms with E-state index in [1.165, 1.54) is 0 Å². The first-order valence-corrected chi connectivity index (χ1v) is 7.66. The Bertz CT molecular complexity index is 745. The van der Waals surface area contributed by atoms with Gasteiger partial charge >= 0.3 is 6.03 Å². The number of rotatable bonds is 6. The maximum absolute atomic E-state index is 12.3. The third-order valence-electron chi connectivity index (χ3n) is 3.38. The van der Waals surface area contributed by atoms with Crippen LogP contribution in [-0.2, 0) is 0 Å². The highest BCUT2D eigenvalue weighted by Crippen LogP contribution is 2.16. The highest BCUT2D eigenvalue weighted by molar-refractivity contribution is 5.86. The Balaban J connectivity index is 2.27. The fourth-order valence-corrected chi connectivity index (χ4v) is 2.14. The molecule has 0 saturated heterocycles. The van der Waals surface area contributed by atoms with E-state index >= 15 is 0 Å². The van der Waals surface area contributed by atoms with E-state index in [4.69, 9.17) is 11.5 Å². The van der Waals surface area contributed by atoms with Gasteiger partial charge in [0.25, 0.3) is 0 Å². The van der Waals surface area contributed by atoms with Crippen LogP contribution in [0.25, 0.3) is 11.2 Å². The lowest BCUT2D eigenvalue weighted by Crippen LogP contribution is -2.33. The molecule has 2 aromatic heterocycles. The van der Waals surface area contributed by atoms with Gasteiger partial charge in [-0.1, -0.05) is 5.21 Å². The maximum atomic E-state index is 12.3. The van der Waals surface area contributed by atoms with Gasteiger partial charge in [0, 0.05) is 19.6 Å². The van der Waals surface area contributed by atoms with Gasteiger partial charge in [-0.25, -0.2) is 9.78 Å². The van der Waals surface area contributed by atoms with Gasteiger partial charge < -0.3 is 21.7 Å². The van der Waals surface area contributed by atoms with Crippen LogP contribution in [0.2, 0.25) is 0 Å². The fourth-order valence-electron chi connectivity index (χ4n) is 2.14. The number of hydrogen-bond donors (Lipinski definition) is 3. The number of carbonyl (C=O) groups is 1. The van der Waals surface area contributed by atoms with Crippen molar-refractivity contribution in [3.05, 3.63) is 5.69 Å². The molecule has 0 radical (unpaired) electrons. The van der Waals surface area contributed by atoms with Crippen LogP contribution in [0.1, 0.15) is 19.5 Å². The number of nitrogens with one attached hydrogen (secondary N) is 1. The zero-order chi connectivity index (χ0) is 17.7. The number of guanidine groups is 1. The smallest absolute Gasteiger partial charge is 0.345 e. The molecule has 2 heterocycles. The molecular formula is C13H22N10O. The van der Waals surface area contributed by atoms with E-state index in [0.29, 0.717) is 22.8 Å². The van der Waals surface area contributed by atoms with Crippen molar-refractivity contribution in [1.82, 2.24) is 30.3 Å². The van der Waals surface area contributed by atoms with Gasteiger partial charge in [0.2, 0.25) is 5.95 Å². The number of carbonyl (C=O) groups excluding carboxylic acids is 1. The second-order valence-corrected chi connectivity index (χ2v) is 4.99. The second-order valence-electron chi connectivity index (χ2n) is 4.99. The summed E-state index contributed by atoms with van der Waals surface area (Å²) in [6.07, 6.45) is 0. The molecule has 2 rings (SSSR count). The van der Waals surface area contributed by atoms with Crippen LogP contribution in [0.15, 0.2) is 4.99 Å². The number of hydrogen-bond acceptors (Lipinski definition) is 7. The van der Waals surface area contributed by atoms with Gasteiger partial charge in [-0.3, -0.25) is 4.99 Å². The lowest BCUT2D eigenvalue weighted by Gasteiger charge is -2.18. The van der Waals surface area contributed by atoms with Crippen molar-refractivity contribution in [2.45, 2.75) is 20.8 Å². The lowest BCUT2D eigenvalue weighted by atomic mass is 10.4. The van der Waals surface area contributed by atoms with E-state index < -0.39 is 6.03 Å². The molecule has 0 saturated carbocycles. The Kier molecular flexibility index (Phi) is 5.45. The molecule has 0 fully saturated rings. The molecule has 11 heteroatoms. The summed E-state index contributed by atoms with van der Waals surface area (Å²) in [4.78, 5) is 26.9. The number of aromatic nitrogens is 5. The number of aliphatic imine (C=N–C) groups is 1. The van der Waals surface area contributed by atoms with Crippen LogP contribution in [0, 0.1) is 6.92 Å². The minimum atomic E-state index is -0.452. The molecule has 0 bridgehead atoms. The first-order valence-electron chi connectivity index (χ1n) is 7.66. The SMILES string of the molecule is CCN(CC)c1nc(C)c2nnn(C(=O)NCCN=C(N)N)c2n1. The number of aryl methyl sites for hydroxylation is 1. The summed E-state index contributed by atoms with van der Waals surface area (Å²) >= 11 is 0. The highest BCUT2D eigenvalue weighted by Gasteiger charge is 2.18. The largest absolute Gasteiger partial charge is 0.370 e. The van der Waals surface area contributed by atoms with Crippen LogP contribution < -0.4 is 21.7 Å². The van der Waals surface area contributed by atoms with E-state index in [1.807, 2.05) is 25.7 Å². The molecule has 0 aliphatic carbocycles. The van der Waals surface area contributed by atoms with Gasteiger partial charge in [0.1, 0.15) is 0 Å². The van der Waals surface area contributed by atoms with Crippen LogP contribution in [-0.4, -0.2) is 63.1 Å². The summed E-state index contributed by atoms with van der Waals surface area (Å²) in [6, 6.07) is -0.452. The molecule has 0 atom stereocenters. The van der Waals surface area contributed by atoms with Crippen molar-refractivity contribution in [3.63, 3.8) is 0 Å². The molecule has 11 nitrogen and oxygen atoms in total.